The van der Waals surface area contributed by atoms with Gasteiger partial charge in [0.15, 0.2) is 5.75 Å². The van der Waals surface area contributed by atoms with E-state index in [9.17, 15) is 0 Å². The third-order valence-corrected chi connectivity index (χ3v) is 3.46. The van der Waals surface area contributed by atoms with E-state index in [-0.39, 0.29) is 6.04 Å². The molecule has 1 unspecified atom stereocenters. The lowest BCUT2D eigenvalue weighted by Crippen LogP contribution is -2.23. The van der Waals surface area contributed by atoms with Crippen molar-refractivity contribution in [2.75, 3.05) is 27.7 Å². The minimum Gasteiger partial charge on any atom is -0.493 e. The van der Waals surface area contributed by atoms with E-state index in [4.69, 9.17) is 14.9 Å². The second kappa shape index (κ2) is 7.28. The van der Waals surface area contributed by atoms with E-state index in [1.165, 1.54) is 0 Å². The van der Waals surface area contributed by atoms with Crippen LogP contribution in [0.5, 0.6) is 5.75 Å². The summed E-state index contributed by atoms with van der Waals surface area (Å²) in [7, 11) is 5.73. The number of aryl methyl sites for hydroxylation is 1. The molecular formula is C15H24N4O2. The summed E-state index contributed by atoms with van der Waals surface area (Å²) in [5, 5.41) is 4.39. The number of likely N-dealkylation sites (N-methyl/N-ethyl adjacent to an activating group) is 1. The third kappa shape index (κ3) is 4.09. The van der Waals surface area contributed by atoms with Crippen LogP contribution in [0.1, 0.15) is 23.9 Å². The Labute approximate surface area is 125 Å². The first-order valence-electron chi connectivity index (χ1n) is 7.14. The van der Waals surface area contributed by atoms with Crippen molar-refractivity contribution in [2.24, 2.45) is 5.73 Å². The number of aromatic nitrogens is 2. The Bertz CT molecular complexity index is 534. The molecule has 0 fully saturated rings. The van der Waals surface area contributed by atoms with Crippen molar-refractivity contribution >= 4 is 0 Å². The monoisotopic (exact) mass is 292 g/mol. The maximum absolute atomic E-state index is 6.34. The zero-order valence-electron chi connectivity index (χ0n) is 13.0. The zero-order valence-corrected chi connectivity index (χ0v) is 13.0. The zero-order chi connectivity index (χ0) is 15.2. The Balaban J connectivity index is 2.06. The van der Waals surface area contributed by atoms with E-state index >= 15 is 0 Å². The van der Waals surface area contributed by atoms with Gasteiger partial charge in [-0.15, -0.1) is 0 Å². The number of rotatable bonds is 8. The molecule has 0 spiro atoms. The van der Waals surface area contributed by atoms with Crippen molar-refractivity contribution < 1.29 is 9.15 Å². The largest absolute Gasteiger partial charge is 0.493 e. The highest BCUT2D eigenvalue weighted by Gasteiger charge is 2.19. The van der Waals surface area contributed by atoms with E-state index in [0.717, 1.165) is 43.1 Å². The molecule has 0 radical (unpaired) electrons. The first-order chi connectivity index (χ1) is 10.1. The van der Waals surface area contributed by atoms with Crippen LogP contribution in [0, 0.1) is 0 Å². The average Bonchev–Trinajstić information content (AvgIpc) is 3.11. The Hall–Kier alpha value is -1.79. The van der Waals surface area contributed by atoms with Gasteiger partial charge in [-0.1, -0.05) is 0 Å². The van der Waals surface area contributed by atoms with Crippen LogP contribution in [0.25, 0.3) is 0 Å². The lowest BCUT2D eigenvalue weighted by molar-refractivity contribution is 0.358. The van der Waals surface area contributed by atoms with Crippen LogP contribution in [0.4, 0.5) is 0 Å². The van der Waals surface area contributed by atoms with Gasteiger partial charge in [0.25, 0.3) is 0 Å². The lowest BCUT2D eigenvalue weighted by Gasteiger charge is -2.17. The number of furan rings is 1. The molecule has 0 saturated carbocycles. The molecule has 0 saturated heterocycles. The Morgan fingerprint density at radius 1 is 1.48 bits per heavy atom. The van der Waals surface area contributed by atoms with Crippen LogP contribution in [0.2, 0.25) is 0 Å². The van der Waals surface area contributed by atoms with Crippen molar-refractivity contribution in [1.82, 2.24) is 14.7 Å². The van der Waals surface area contributed by atoms with Gasteiger partial charge < -0.3 is 19.8 Å². The first-order valence-corrected chi connectivity index (χ1v) is 7.14. The van der Waals surface area contributed by atoms with Gasteiger partial charge in [0, 0.05) is 13.0 Å². The molecule has 2 aromatic rings. The molecule has 0 aliphatic heterocycles. The van der Waals surface area contributed by atoms with Crippen LogP contribution in [0.3, 0.4) is 0 Å². The fourth-order valence-electron chi connectivity index (χ4n) is 2.27. The van der Waals surface area contributed by atoms with E-state index in [0.29, 0.717) is 0 Å². The minimum absolute atomic E-state index is 0.130. The summed E-state index contributed by atoms with van der Waals surface area (Å²) in [6, 6.07) is 3.73. The van der Waals surface area contributed by atoms with Gasteiger partial charge >= 0.3 is 0 Å². The van der Waals surface area contributed by atoms with Crippen LogP contribution in [-0.4, -0.2) is 42.4 Å². The van der Waals surface area contributed by atoms with Crippen molar-refractivity contribution in [2.45, 2.75) is 25.4 Å². The molecule has 116 valence electrons. The van der Waals surface area contributed by atoms with Crippen molar-refractivity contribution in [3.63, 3.8) is 0 Å². The molecule has 0 bridgehead atoms. The van der Waals surface area contributed by atoms with E-state index in [2.05, 4.69) is 10.00 Å². The number of methoxy groups -OCH3 is 1. The molecule has 21 heavy (non-hydrogen) atoms. The summed E-state index contributed by atoms with van der Waals surface area (Å²) in [6.45, 7) is 1.70. The number of hydrogen-bond acceptors (Lipinski definition) is 5. The quantitative estimate of drug-likeness (QED) is 0.801. The number of nitrogens with zero attached hydrogens (tertiary/aromatic N) is 3. The number of nitrogens with two attached hydrogens (primary N) is 1. The number of hydrogen-bond donors (Lipinski definition) is 1. The fourth-order valence-corrected chi connectivity index (χ4v) is 2.27. The van der Waals surface area contributed by atoms with Gasteiger partial charge in [0.2, 0.25) is 0 Å². The van der Waals surface area contributed by atoms with Gasteiger partial charge in [-0.25, -0.2) is 0 Å². The maximum atomic E-state index is 6.34. The van der Waals surface area contributed by atoms with Gasteiger partial charge in [0.05, 0.1) is 37.9 Å². The van der Waals surface area contributed by atoms with Crippen LogP contribution in [0.15, 0.2) is 29.0 Å². The summed E-state index contributed by atoms with van der Waals surface area (Å²) >= 11 is 0. The van der Waals surface area contributed by atoms with Gasteiger partial charge in [-0.2, -0.15) is 5.10 Å². The molecule has 0 aromatic carbocycles. The smallest absolute Gasteiger partial charge is 0.161 e. The minimum atomic E-state index is -0.130. The average molecular weight is 292 g/mol. The molecule has 0 aliphatic rings. The van der Waals surface area contributed by atoms with E-state index < -0.39 is 0 Å². The molecule has 6 heteroatoms. The summed E-state index contributed by atoms with van der Waals surface area (Å²) in [4.78, 5) is 2.12. The first kappa shape index (κ1) is 15.6. The molecule has 6 nitrogen and oxygen atoms in total. The summed E-state index contributed by atoms with van der Waals surface area (Å²) in [5.41, 5.74) is 7.29. The molecule has 0 amide bonds. The summed E-state index contributed by atoms with van der Waals surface area (Å²) in [5.74, 6) is 1.70. The summed E-state index contributed by atoms with van der Waals surface area (Å²) in [6.07, 6.45) is 5.01. The van der Waals surface area contributed by atoms with Crippen molar-refractivity contribution in [1.29, 1.82) is 0 Å². The molecule has 1 atom stereocenters. The second-order valence-electron chi connectivity index (χ2n) is 5.35. The predicted octanol–water partition coefficient (Wildman–Crippen LogP) is 1.68. The predicted molar refractivity (Wildman–Crippen MR) is 81.3 cm³/mol. The normalized spacial score (nSPS) is 12.8. The Morgan fingerprint density at radius 2 is 2.29 bits per heavy atom. The Kier molecular flexibility index (Phi) is 5.41. The van der Waals surface area contributed by atoms with Crippen molar-refractivity contribution in [3.8, 4) is 5.75 Å². The van der Waals surface area contributed by atoms with Crippen LogP contribution >= 0.6 is 0 Å². The van der Waals surface area contributed by atoms with Crippen LogP contribution in [-0.2, 0) is 13.0 Å². The fraction of sp³-hybridized carbons (Fsp3) is 0.533. The van der Waals surface area contributed by atoms with Gasteiger partial charge in [0.1, 0.15) is 5.76 Å². The molecule has 0 aliphatic carbocycles. The summed E-state index contributed by atoms with van der Waals surface area (Å²) < 4.78 is 12.7. The van der Waals surface area contributed by atoms with E-state index in [1.54, 1.807) is 19.6 Å². The lowest BCUT2D eigenvalue weighted by atomic mass is 10.1. The van der Waals surface area contributed by atoms with Gasteiger partial charge in [-0.05, 0) is 32.6 Å². The SMILES string of the molecule is COc1cnn(CCN(C)C)c1C(N)CCc1ccco1. The maximum Gasteiger partial charge on any atom is 0.161 e. The highest BCUT2D eigenvalue weighted by Crippen LogP contribution is 2.26. The Morgan fingerprint density at radius 3 is 2.90 bits per heavy atom. The topological polar surface area (TPSA) is 69.5 Å². The number of ether oxygens (including phenoxy) is 1. The molecule has 2 heterocycles. The van der Waals surface area contributed by atoms with Gasteiger partial charge in [-0.3, -0.25) is 4.68 Å². The second-order valence-corrected chi connectivity index (χ2v) is 5.35. The van der Waals surface area contributed by atoms with E-state index in [1.807, 2.05) is 30.9 Å². The highest BCUT2D eigenvalue weighted by molar-refractivity contribution is 5.28. The standard InChI is InChI=1S/C15H24N4O2/c1-18(2)8-9-19-15(14(20-3)11-17-19)13(16)7-6-12-5-4-10-21-12/h4-5,10-11,13H,6-9,16H2,1-3H3. The highest BCUT2D eigenvalue weighted by atomic mass is 16.5. The molecule has 2 rings (SSSR count). The molecule has 2 aromatic heterocycles. The van der Waals surface area contributed by atoms with Crippen molar-refractivity contribution in [3.05, 3.63) is 36.0 Å². The molecule has 2 N–H and O–H groups in total. The third-order valence-electron chi connectivity index (χ3n) is 3.46. The molecular weight excluding hydrogens is 268 g/mol. The van der Waals surface area contributed by atoms with Crippen LogP contribution < -0.4 is 10.5 Å².